The standard InChI is InChI=1S/C16H16N2OS/c1-4-19-16-15(14-6-5-7-20-14)17-12-8-10(2)11(3)9-13(12)18-16/h5-9H,4H2,1-3H3. The highest BCUT2D eigenvalue weighted by atomic mass is 32.1. The van der Waals surface area contributed by atoms with E-state index in [1.165, 1.54) is 11.1 Å². The van der Waals surface area contributed by atoms with Crippen LogP contribution in [0.3, 0.4) is 0 Å². The van der Waals surface area contributed by atoms with Crippen molar-refractivity contribution in [2.24, 2.45) is 0 Å². The lowest BCUT2D eigenvalue weighted by Gasteiger charge is -2.10. The first-order chi connectivity index (χ1) is 9.69. The zero-order valence-corrected chi connectivity index (χ0v) is 12.6. The van der Waals surface area contributed by atoms with Crippen LogP contribution in [0.5, 0.6) is 5.88 Å². The van der Waals surface area contributed by atoms with Crippen LogP contribution in [0.4, 0.5) is 0 Å². The van der Waals surface area contributed by atoms with Crippen molar-refractivity contribution in [2.75, 3.05) is 6.61 Å². The molecule has 0 radical (unpaired) electrons. The Morgan fingerprint density at radius 2 is 1.80 bits per heavy atom. The third-order valence-corrected chi connectivity index (χ3v) is 4.16. The second-order valence-electron chi connectivity index (χ2n) is 4.71. The van der Waals surface area contributed by atoms with Gasteiger partial charge in [-0.25, -0.2) is 9.97 Å². The Hall–Kier alpha value is -1.94. The van der Waals surface area contributed by atoms with Crippen LogP contribution in [0.1, 0.15) is 18.1 Å². The lowest BCUT2D eigenvalue weighted by molar-refractivity contribution is 0.328. The molecular weight excluding hydrogens is 268 g/mol. The second-order valence-corrected chi connectivity index (χ2v) is 5.66. The first-order valence-electron chi connectivity index (χ1n) is 6.64. The van der Waals surface area contributed by atoms with Crippen LogP contribution in [0.2, 0.25) is 0 Å². The smallest absolute Gasteiger partial charge is 0.242 e. The Morgan fingerprint density at radius 1 is 1.10 bits per heavy atom. The van der Waals surface area contributed by atoms with Crippen molar-refractivity contribution < 1.29 is 4.74 Å². The van der Waals surface area contributed by atoms with Gasteiger partial charge in [-0.05, 0) is 55.5 Å². The van der Waals surface area contributed by atoms with Gasteiger partial charge < -0.3 is 4.74 Å². The molecule has 0 N–H and O–H groups in total. The molecule has 0 saturated heterocycles. The molecule has 0 unspecified atom stereocenters. The SMILES string of the molecule is CCOc1nc2cc(C)c(C)cc2nc1-c1cccs1. The van der Waals surface area contributed by atoms with Crippen LogP contribution in [0.25, 0.3) is 21.6 Å². The first-order valence-corrected chi connectivity index (χ1v) is 7.52. The third kappa shape index (κ3) is 2.27. The minimum atomic E-state index is 0.587. The Bertz CT molecular complexity index is 751. The summed E-state index contributed by atoms with van der Waals surface area (Å²) in [4.78, 5) is 10.5. The molecule has 0 spiro atoms. The summed E-state index contributed by atoms with van der Waals surface area (Å²) in [6.45, 7) is 6.73. The number of fused-ring (bicyclic) bond motifs is 1. The van der Waals surface area contributed by atoms with Gasteiger partial charge in [0.25, 0.3) is 0 Å². The van der Waals surface area contributed by atoms with Crippen LogP contribution in [0, 0.1) is 13.8 Å². The summed E-state index contributed by atoms with van der Waals surface area (Å²) in [5.74, 6) is 0.616. The fourth-order valence-corrected chi connectivity index (χ4v) is 2.81. The maximum absolute atomic E-state index is 5.67. The summed E-state index contributed by atoms with van der Waals surface area (Å²) in [6, 6.07) is 8.22. The van der Waals surface area contributed by atoms with E-state index in [4.69, 9.17) is 9.72 Å². The molecule has 3 nitrogen and oxygen atoms in total. The van der Waals surface area contributed by atoms with Gasteiger partial charge >= 0.3 is 0 Å². The molecule has 0 atom stereocenters. The predicted octanol–water partition coefficient (Wildman–Crippen LogP) is 4.37. The molecule has 3 rings (SSSR count). The van der Waals surface area contributed by atoms with Gasteiger partial charge in [0.1, 0.15) is 5.69 Å². The molecule has 0 saturated carbocycles. The van der Waals surface area contributed by atoms with E-state index in [-0.39, 0.29) is 0 Å². The van der Waals surface area contributed by atoms with Crippen molar-refractivity contribution in [3.63, 3.8) is 0 Å². The monoisotopic (exact) mass is 284 g/mol. The maximum Gasteiger partial charge on any atom is 0.242 e. The van der Waals surface area contributed by atoms with Crippen molar-refractivity contribution in [1.29, 1.82) is 0 Å². The summed E-state index contributed by atoms with van der Waals surface area (Å²) in [5.41, 5.74) is 5.08. The highest BCUT2D eigenvalue weighted by Crippen LogP contribution is 2.32. The van der Waals surface area contributed by atoms with Gasteiger partial charge in [0.15, 0.2) is 0 Å². The number of benzene rings is 1. The summed E-state index contributed by atoms with van der Waals surface area (Å²) in [7, 11) is 0. The summed E-state index contributed by atoms with van der Waals surface area (Å²) in [6.07, 6.45) is 0. The number of nitrogens with zero attached hydrogens (tertiary/aromatic N) is 2. The number of thiophene rings is 1. The van der Waals surface area contributed by atoms with Gasteiger partial charge in [0.2, 0.25) is 5.88 Å². The Morgan fingerprint density at radius 3 is 2.40 bits per heavy atom. The molecule has 102 valence electrons. The molecule has 0 amide bonds. The highest BCUT2D eigenvalue weighted by molar-refractivity contribution is 7.13. The van der Waals surface area contributed by atoms with E-state index >= 15 is 0 Å². The molecule has 0 aliphatic heterocycles. The number of ether oxygens (including phenoxy) is 1. The molecule has 4 heteroatoms. The molecule has 0 fully saturated rings. The minimum Gasteiger partial charge on any atom is -0.476 e. The molecule has 2 aromatic heterocycles. The number of hydrogen-bond donors (Lipinski definition) is 0. The Balaban J connectivity index is 2.26. The number of rotatable bonds is 3. The van der Waals surface area contributed by atoms with E-state index in [2.05, 4.69) is 31.0 Å². The lowest BCUT2D eigenvalue weighted by Crippen LogP contribution is -2.00. The van der Waals surface area contributed by atoms with Gasteiger partial charge in [0, 0.05) is 0 Å². The summed E-state index contributed by atoms with van der Waals surface area (Å²) in [5, 5.41) is 2.04. The van der Waals surface area contributed by atoms with Crippen LogP contribution >= 0.6 is 11.3 Å². The average molecular weight is 284 g/mol. The highest BCUT2D eigenvalue weighted by Gasteiger charge is 2.13. The molecule has 2 heterocycles. The zero-order chi connectivity index (χ0) is 14.1. The first kappa shape index (κ1) is 13.1. The molecule has 0 bridgehead atoms. The largest absolute Gasteiger partial charge is 0.476 e. The normalized spacial score (nSPS) is 10.9. The fourth-order valence-electron chi connectivity index (χ4n) is 2.11. The van der Waals surface area contributed by atoms with Crippen LogP contribution < -0.4 is 4.74 Å². The van der Waals surface area contributed by atoms with Crippen LogP contribution in [-0.4, -0.2) is 16.6 Å². The Labute approximate surface area is 122 Å². The molecule has 0 aliphatic rings. The van der Waals surface area contributed by atoms with Crippen LogP contribution in [-0.2, 0) is 0 Å². The topological polar surface area (TPSA) is 35.0 Å². The van der Waals surface area contributed by atoms with E-state index in [9.17, 15) is 0 Å². The van der Waals surface area contributed by atoms with Crippen molar-refractivity contribution in [1.82, 2.24) is 9.97 Å². The average Bonchev–Trinajstić information content (AvgIpc) is 2.94. The molecule has 3 aromatic rings. The number of aryl methyl sites for hydroxylation is 2. The van der Waals surface area contributed by atoms with Gasteiger partial charge in [-0.15, -0.1) is 11.3 Å². The lowest BCUT2D eigenvalue weighted by atomic mass is 10.1. The number of aromatic nitrogens is 2. The maximum atomic E-state index is 5.67. The van der Waals surface area contributed by atoms with Crippen molar-refractivity contribution in [3.05, 3.63) is 40.8 Å². The molecule has 1 aromatic carbocycles. The summed E-state index contributed by atoms with van der Waals surface area (Å²) < 4.78 is 5.67. The predicted molar refractivity (Wildman–Crippen MR) is 83.5 cm³/mol. The zero-order valence-electron chi connectivity index (χ0n) is 11.8. The molecule has 0 aliphatic carbocycles. The number of hydrogen-bond acceptors (Lipinski definition) is 4. The van der Waals surface area contributed by atoms with E-state index in [0.717, 1.165) is 21.6 Å². The minimum absolute atomic E-state index is 0.587. The summed E-state index contributed by atoms with van der Waals surface area (Å²) >= 11 is 1.65. The molecular formula is C16H16N2OS. The van der Waals surface area contributed by atoms with Gasteiger partial charge in [-0.3, -0.25) is 0 Å². The van der Waals surface area contributed by atoms with E-state index < -0.39 is 0 Å². The van der Waals surface area contributed by atoms with E-state index in [0.29, 0.717) is 12.5 Å². The Kier molecular flexibility index (Phi) is 3.40. The third-order valence-electron chi connectivity index (χ3n) is 3.28. The second kappa shape index (κ2) is 5.21. The van der Waals surface area contributed by atoms with Crippen molar-refractivity contribution in [2.45, 2.75) is 20.8 Å². The van der Waals surface area contributed by atoms with Gasteiger partial charge in [-0.2, -0.15) is 0 Å². The van der Waals surface area contributed by atoms with Crippen LogP contribution in [0.15, 0.2) is 29.6 Å². The van der Waals surface area contributed by atoms with E-state index in [1.807, 2.05) is 24.4 Å². The van der Waals surface area contributed by atoms with Crippen molar-refractivity contribution in [3.8, 4) is 16.5 Å². The van der Waals surface area contributed by atoms with E-state index in [1.54, 1.807) is 11.3 Å². The quantitative estimate of drug-likeness (QED) is 0.716. The van der Waals surface area contributed by atoms with Gasteiger partial charge in [0.05, 0.1) is 22.5 Å². The fraction of sp³-hybridized carbons (Fsp3) is 0.250. The van der Waals surface area contributed by atoms with Crippen molar-refractivity contribution >= 4 is 22.4 Å². The van der Waals surface area contributed by atoms with Gasteiger partial charge in [-0.1, -0.05) is 6.07 Å². The molecule has 20 heavy (non-hydrogen) atoms.